The lowest BCUT2D eigenvalue weighted by molar-refractivity contribution is -0.138. The van der Waals surface area contributed by atoms with E-state index in [0.29, 0.717) is 18.1 Å². The Hall–Kier alpha value is -0.610. The Kier molecular flexibility index (Phi) is 4.85. The molecule has 3 atom stereocenters. The van der Waals surface area contributed by atoms with Crippen LogP contribution in [0.3, 0.4) is 0 Å². The molecule has 2 aliphatic rings. The summed E-state index contributed by atoms with van der Waals surface area (Å²) in [6, 6.07) is 1.87. The zero-order chi connectivity index (χ0) is 14.0. The Morgan fingerprint density at radius 2 is 1.89 bits per heavy atom. The Morgan fingerprint density at radius 1 is 1.32 bits per heavy atom. The van der Waals surface area contributed by atoms with Crippen LogP contribution in [-0.4, -0.2) is 60.5 Å². The van der Waals surface area contributed by atoms with Crippen molar-refractivity contribution in [3.8, 4) is 0 Å². The van der Waals surface area contributed by atoms with Crippen molar-refractivity contribution < 1.29 is 4.79 Å². The van der Waals surface area contributed by atoms with E-state index in [2.05, 4.69) is 24.1 Å². The van der Waals surface area contributed by atoms with Gasteiger partial charge in [-0.1, -0.05) is 13.3 Å². The summed E-state index contributed by atoms with van der Waals surface area (Å²) >= 11 is 0. The molecule has 0 aromatic heterocycles. The third kappa shape index (κ3) is 3.11. The number of nitrogens with one attached hydrogen (secondary N) is 1. The van der Waals surface area contributed by atoms with Crippen molar-refractivity contribution in [2.45, 2.75) is 70.1 Å². The number of carbonyl (C=O) groups is 1. The number of piperidine rings is 2. The molecule has 1 amide bonds. The fourth-order valence-corrected chi connectivity index (χ4v) is 4.01. The Labute approximate surface area is 117 Å². The predicted molar refractivity (Wildman–Crippen MR) is 78.1 cm³/mol. The van der Waals surface area contributed by atoms with Gasteiger partial charge in [0, 0.05) is 32.2 Å². The van der Waals surface area contributed by atoms with Gasteiger partial charge in [0.1, 0.15) is 0 Å². The van der Waals surface area contributed by atoms with Crippen LogP contribution in [0.4, 0.5) is 0 Å². The monoisotopic (exact) mass is 267 g/mol. The van der Waals surface area contributed by atoms with E-state index in [1.165, 1.54) is 32.1 Å². The molecule has 0 aliphatic carbocycles. The number of carbonyl (C=O) groups excluding carboxylic acids is 1. The Balaban J connectivity index is 2.07. The second-order valence-electron chi connectivity index (χ2n) is 6.32. The quantitative estimate of drug-likeness (QED) is 0.837. The van der Waals surface area contributed by atoms with Crippen LogP contribution in [0.1, 0.15) is 46.0 Å². The maximum atomic E-state index is 12.2. The van der Waals surface area contributed by atoms with Crippen LogP contribution < -0.4 is 5.32 Å². The summed E-state index contributed by atoms with van der Waals surface area (Å²) in [5.41, 5.74) is 0. The topological polar surface area (TPSA) is 35.6 Å². The summed E-state index contributed by atoms with van der Waals surface area (Å²) in [5, 5.41) is 3.60. The third-order valence-corrected chi connectivity index (χ3v) is 4.77. The minimum Gasteiger partial charge on any atom is -0.347 e. The standard InChI is InChI=1S/C15H29N3O/c1-5-16-12-9-13-7-6-8-14(10-12)18(13)11(2)15(19)17(3)4/h11-14,16H,5-10H2,1-4H3. The number of hydrogen-bond donors (Lipinski definition) is 1. The largest absolute Gasteiger partial charge is 0.347 e. The maximum absolute atomic E-state index is 12.2. The van der Waals surface area contributed by atoms with Gasteiger partial charge in [0.25, 0.3) is 0 Å². The van der Waals surface area contributed by atoms with Gasteiger partial charge in [0.2, 0.25) is 5.91 Å². The minimum atomic E-state index is 0.0351. The molecular weight excluding hydrogens is 238 g/mol. The highest BCUT2D eigenvalue weighted by molar-refractivity contribution is 5.81. The lowest BCUT2D eigenvalue weighted by Crippen LogP contribution is -2.61. The molecule has 0 saturated carbocycles. The first-order valence-corrected chi connectivity index (χ1v) is 7.76. The summed E-state index contributed by atoms with van der Waals surface area (Å²) in [7, 11) is 3.72. The molecule has 2 fully saturated rings. The molecule has 4 heteroatoms. The molecule has 2 aliphatic heterocycles. The summed E-state index contributed by atoms with van der Waals surface area (Å²) in [4.78, 5) is 16.5. The van der Waals surface area contributed by atoms with Crippen molar-refractivity contribution in [3.05, 3.63) is 0 Å². The highest BCUT2D eigenvalue weighted by Crippen LogP contribution is 2.35. The zero-order valence-electron chi connectivity index (χ0n) is 12.9. The molecule has 110 valence electrons. The van der Waals surface area contributed by atoms with Crippen molar-refractivity contribution >= 4 is 5.91 Å². The van der Waals surface area contributed by atoms with Gasteiger partial charge in [-0.25, -0.2) is 0 Å². The van der Waals surface area contributed by atoms with E-state index in [1.54, 1.807) is 4.90 Å². The van der Waals surface area contributed by atoms with Crippen LogP contribution in [0, 0.1) is 0 Å². The van der Waals surface area contributed by atoms with Gasteiger partial charge >= 0.3 is 0 Å². The van der Waals surface area contributed by atoms with E-state index in [-0.39, 0.29) is 11.9 Å². The molecule has 0 spiro atoms. The van der Waals surface area contributed by atoms with Gasteiger partial charge in [0.05, 0.1) is 6.04 Å². The van der Waals surface area contributed by atoms with Crippen LogP contribution in [0.15, 0.2) is 0 Å². The fourth-order valence-electron chi connectivity index (χ4n) is 4.01. The third-order valence-electron chi connectivity index (χ3n) is 4.77. The number of hydrogen-bond acceptors (Lipinski definition) is 3. The molecule has 4 nitrogen and oxygen atoms in total. The molecule has 2 heterocycles. The van der Waals surface area contributed by atoms with Crippen molar-refractivity contribution in [2.24, 2.45) is 0 Å². The van der Waals surface area contributed by atoms with Crippen LogP contribution in [0.2, 0.25) is 0 Å². The number of likely N-dealkylation sites (N-methyl/N-ethyl adjacent to an activating group) is 1. The lowest BCUT2D eigenvalue weighted by Gasteiger charge is -2.51. The van der Waals surface area contributed by atoms with E-state index in [0.717, 1.165) is 6.54 Å². The van der Waals surface area contributed by atoms with E-state index in [4.69, 9.17) is 0 Å². The second kappa shape index (κ2) is 6.23. The van der Waals surface area contributed by atoms with Gasteiger partial charge < -0.3 is 10.2 Å². The highest BCUT2D eigenvalue weighted by atomic mass is 16.2. The van der Waals surface area contributed by atoms with Crippen LogP contribution in [0.5, 0.6) is 0 Å². The molecule has 2 rings (SSSR count). The smallest absolute Gasteiger partial charge is 0.239 e. The average Bonchev–Trinajstić information content (AvgIpc) is 2.36. The SMILES string of the molecule is CCNC1CC2CCCC(C1)N2C(C)C(=O)N(C)C. The molecule has 0 aromatic carbocycles. The van der Waals surface area contributed by atoms with Gasteiger partial charge in [-0.3, -0.25) is 9.69 Å². The van der Waals surface area contributed by atoms with E-state index in [9.17, 15) is 4.79 Å². The number of fused-ring (bicyclic) bond motifs is 2. The number of nitrogens with zero attached hydrogens (tertiary/aromatic N) is 2. The van der Waals surface area contributed by atoms with Gasteiger partial charge in [-0.05, 0) is 39.2 Å². The molecule has 19 heavy (non-hydrogen) atoms. The normalized spacial score (nSPS) is 32.9. The lowest BCUT2D eigenvalue weighted by atomic mass is 9.80. The van der Waals surface area contributed by atoms with E-state index >= 15 is 0 Å². The molecule has 2 saturated heterocycles. The van der Waals surface area contributed by atoms with Crippen molar-refractivity contribution in [3.63, 3.8) is 0 Å². The van der Waals surface area contributed by atoms with E-state index < -0.39 is 0 Å². The highest BCUT2D eigenvalue weighted by Gasteiger charge is 2.42. The molecule has 1 N–H and O–H groups in total. The Bertz CT molecular complexity index is 305. The molecular formula is C15H29N3O. The van der Waals surface area contributed by atoms with Gasteiger partial charge in [-0.2, -0.15) is 0 Å². The zero-order valence-corrected chi connectivity index (χ0v) is 12.9. The first kappa shape index (κ1) is 14.8. The fraction of sp³-hybridized carbons (Fsp3) is 0.933. The maximum Gasteiger partial charge on any atom is 0.239 e. The first-order valence-electron chi connectivity index (χ1n) is 7.76. The number of rotatable bonds is 4. The molecule has 0 radical (unpaired) electrons. The summed E-state index contributed by atoms with van der Waals surface area (Å²) in [5.74, 6) is 0.249. The Morgan fingerprint density at radius 3 is 2.37 bits per heavy atom. The predicted octanol–water partition coefficient (Wildman–Crippen LogP) is 1.46. The van der Waals surface area contributed by atoms with Crippen LogP contribution in [0.25, 0.3) is 0 Å². The molecule has 3 unspecified atom stereocenters. The van der Waals surface area contributed by atoms with Crippen molar-refractivity contribution in [2.75, 3.05) is 20.6 Å². The minimum absolute atomic E-state index is 0.0351. The van der Waals surface area contributed by atoms with Crippen LogP contribution >= 0.6 is 0 Å². The summed E-state index contributed by atoms with van der Waals surface area (Å²) < 4.78 is 0. The average molecular weight is 267 g/mol. The molecule has 2 bridgehead atoms. The number of amides is 1. The van der Waals surface area contributed by atoms with Crippen molar-refractivity contribution in [1.82, 2.24) is 15.1 Å². The summed E-state index contributed by atoms with van der Waals surface area (Å²) in [6.45, 7) is 5.32. The van der Waals surface area contributed by atoms with Crippen molar-refractivity contribution in [1.29, 1.82) is 0 Å². The summed E-state index contributed by atoms with van der Waals surface area (Å²) in [6.07, 6.45) is 6.24. The first-order chi connectivity index (χ1) is 9.04. The van der Waals surface area contributed by atoms with E-state index in [1.807, 2.05) is 14.1 Å². The van der Waals surface area contributed by atoms with Gasteiger partial charge in [-0.15, -0.1) is 0 Å². The van der Waals surface area contributed by atoms with Gasteiger partial charge in [0.15, 0.2) is 0 Å². The van der Waals surface area contributed by atoms with Crippen LogP contribution in [-0.2, 0) is 4.79 Å². The second-order valence-corrected chi connectivity index (χ2v) is 6.32. The molecule has 0 aromatic rings.